The van der Waals surface area contributed by atoms with E-state index in [4.69, 9.17) is 16.6 Å². The number of aliphatic carboxylic acids is 2. The van der Waals surface area contributed by atoms with Gasteiger partial charge in [0.2, 0.25) is 17.7 Å². The normalized spacial score (nSPS) is 14.2. The Morgan fingerprint density at radius 3 is 2.00 bits per heavy atom. The molecule has 0 aliphatic heterocycles. The molecule has 1 rings (SSSR count). The number of carbonyl (C=O) groups is 5. The summed E-state index contributed by atoms with van der Waals surface area (Å²) in [6.45, 7) is 3.77. The van der Waals surface area contributed by atoms with Gasteiger partial charge in [-0.05, 0) is 37.3 Å². The second-order valence-corrected chi connectivity index (χ2v) is 9.20. The van der Waals surface area contributed by atoms with Crippen LogP contribution in [0.5, 0.6) is 0 Å². The van der Waals surface area contributed by atoms with Crippen LogP contribution in [0, 0.1) is 5.92 Å². The van der Waals surface area contributed by atoms with E-state index in [1.807, 2.05) is 0 Å². The molecule has 12 nitrogen and oxygen atoms in total. The SMILES string of the molecule is CC(C)C(NC(=O)C(CCC(=O)O)NC(=O)C(N)CCCCN)C(=O)NC(Cc1ccccc1)C(=O)O. The smallest absolute Gasteiger partial charge is 0.326 e. The Labute approximate surface area is 216 Å². The molecule has 0 spiro atoms. The van der Waals surface area contributed by atoms with E-state index in [0.717, 1.165) is 0 Å². The molecule has 4 unspecified atom stereocenters. The summed E-state index contributed by atoms with van der Waals surface area (Å²) >= 11 is 0. The fraction of sp³-hybridized carbons (Fsp3) is 0.560. The molecule has 37 heavy (non-hydrogen) atoms. The first-order valence-corrected chi connectivity index (χ1v) is 12.3. The maximum absolute atomic E-state index is 13.0. The lowest BCUT2D eigenvalue weighted by Gasteiger charge is -2.27. The second kappa shape index (κ2) is 16.3. The van der Waals surface area contributed by atoms with Crippen LogP contribution in [0.1, 0.15) is 51.5 Å². The van der Waals surface area contributed by atoms with Gasteiger partial charge in [0.05, 0.1) is 6.04 Å². The van der Waals surface area contributed by atoms with E-state index in [9.17, 15) is 29.1 Å². The largest absolute Gasteiger partial charge is 0.481 e. The highest BCUT2D eigenvalue weighted by Gasteiger charge is 2.32. The standard InChI is InChI=1S/C25H39N5O7/c1-15(2)21(24(35)29-19(25(36)37)14-16-8-4-3-5-9-16)30-23(34)18(11-12-20(31)32)28-22(33)17(27)10-6-7-13-26/h3-5,8-9,15,17-19,21H,6-7,10-14,26-27H2,1-2H3,(H,28,33)(H,29,35)(H,30,34)(H,31,32)(H,36,37). The molecule has 0 aliphatic rings. The van der Waals surface area contributed by atoms with Crippen molar-refractivity contribution in [1.82, 2.24) is 16.0 Å². The van der Waals surface area contributed by atoms with Crippen LogP contribution < -0.4 is 27.4 Å². The maximum atomic E-state index is 13.0. The molecule has 0 radical (unpaired) electrons. The van der Waals surface area contributed by atoms with Crippen LogP contribution in [0.15, 0.2) is 30.3 Å². The third-order valence-corrected chi connectivity index (χ3v) is 5.73. The lowest BCUT2D eigenvalue weighted by molar-refractivity contribution is -0.142. The van der Waals surface area contributed by atoms with Crippen molar-refractivity contribution in [2.24, 2.45) is 17.4 Å². The topological polar surface area (TPSA) is 214 Å². The van der Waals surface area contributed by atoms with Gasteiger partial charge in [0, 0.05) is 12.8 Å². The number of nitrogens with one attached hydrogen (secondary N) is 3. The number of hydrogen-bond donors (Lipinski definition) is 7. The number of carboxylic acid groups (broad SMARTS) is 2. The average molecular weight is 522 g/mol. The molecule has 9 N–H and O–H groups in total. The van der Waals surface area contributed by atoms with Crippen LogP contribution >= 0.6 is 0 Å². The summed E-state index contributed by atoms with van der Waals surface area (Å²) in [6, 6.07) is 4.24. The zero-order valence-corrected chi connectivity index (χ0v) is 21.3. The van der Waals surface area contributed by atoms with Crippen LogP contribution in [-0.2, 0) is 30.4 Å². The zero-order chi connectivity index (χ0) is 28.0. The van der Waals surface area contributed by atoms with Crippen molar-refractivity contribution in [3.05, 3.63) is 35.9 Å². The van der Waals surface area contributed by atoms with E-state index >= 15 is 0 Å². The summed E-state index contributed by atoms with van der Waals surface area (Å²) in [5, 5.41) is 26.1. The molecule has 0 bridgehead atoms. The van der Waals surface area contributed by atoms with Crippen molar-refractivity contribution >= 4 is 29.7 Å². The predicted molar refractivity (Wildman–Crippen MR) is 136 cm³/mol. The van der Waals surface area contributed by atoms with Gasteiger partial charge in [0.15, 0.2) is 0 Å². The lowest BCUT2D eigenvalue weighted by Crippen LogP contribution is -2.58. The minimum atomic E-state index is -1.25. The van der Waals surface area contributed by atoms with Crippen molar-refractivity contribution < 1.29 is 34.2 Å². The van der Waals surface area contributed by atoms with Gasteiger partial charge in [-0.2, -0.15) is 0 Å². The quantitative estimate of drug-likeness (QED) is 0.134. The summed E-state index contributed by atoms with van der Waals surface area (Å²) in [5.74, 6) is -4.95. The molecule has 1 aromatic carbocycles. The Bertz CT molecular complexity index is 910. The number of carbonyl (C=O) groups excluding carboxylic acids is 3. The van der Waals surface area contributed by atoms with E-state index in [-0.39, 0.29) is 12.8 Å². The van der Waals surface area contributed by atoms with E-state index < -0.39 is 66.2 Å². The summed E-state index contributed by atoms with van der Waals surface area (Å²) in [6.07, 6.45) is 1.04. The van der Waals surface area contributed by atoms with Crippen LogP contribution in [0.25, 0.3) is 0 Å². The van der Waals surface area contributed by atoms with Crippen molar-refractivity contribution in [2.75, 3.05) is 6.54 Å². The molecule has 1 aromatic rings. The number of rotatable bonds is 17. The number of hydrogen-bond acceptors (Lipinski definition) is 7. The van der Waals surface area contributed by atoms with Gasteiger partial charge in [-0.1, -0.05) is 50.6 Å². The van der Waals surface area contributed by atoms with Gasteiger partial charge in [-0.3, -0.25) is 19.2 Å². The number of unbranched alkanes of at least 4 members (excludes halogenated alkanes) is 1. The second-order valence-electron chi connectivity index (χ2n) is 9.20. The molecule has 0 heterocycles. The highest BCUT2D eigenvalue weighted by Crippen LogP contribution is 2.09. The third-order valence-electron chi connectivity index (χ3n) is 5.73. The van der Waals surface area contributed by atoms with Gasteiger partial charge in [-0.25, -0.2) is 4.79 Å². The van der Waals surface area contributed by atoms with Crippen LogP contribution in [0.3, 0.4) is 0 Å². The Kier molecular flexibility index (Phi) is 13.9. The first-order valence-electron chi connectivity index (χ1n) is 12.3. The van der Waals surface area contributed by atoms with E-state index in [1.54, 1.807) is 44.2 Å². The van der Waals surface area contributed by atoms with E-state index in [2.05, 4.69) is 16.0 Å². The molecule has 3 amide bonds. The van der Waals surface area contributed by atoms with Crippen LogP contribution in [-0.4, -0.2) is 70.6 Å². The predicted octanol–water partition coefficient (Wildman–Crippen LogP) is -0.255. The summed E-state index contributed by atoms with van der Waals surface area (Å²) < 4.78 is 0. The fourth-order valence-corrected chi connectivity index (χ4v) is 3.56. The van der Waals surface area contributed by atoms with Crippen LogP contribution in [0.2, 0.25) is 0 Å². The molecule has 12 heteroatoms. The van der Waals surface area contributed by atoms with Gasteiger partial charge in [0.25, 0.3) is 0 Å². The van der Waals surface area contributed by atoms with E-state index in [0.29, 0.717) is 31.4 Å². The Balaban J connectivity index is 2.94. The molecule has 0 fully saturated rings. The lowest BCUT2D eigenvalue weighted by atomic mass is 10.00. The first-order chi connectivity index (χ1) is 17.5. The molecule has 0 aliphatic carbocycles. The molecular weight excluding hydrogens is 482 g/mol. The molecule has 4 atom stereocenters. The molecule has 0 saturated carbocycles. The van der Waals surface area contributed by atoms with Crippen molar-refractivity contribution in [1.29, 1.82) is 0 Å². The third kappa shape index (κ3) is 11.8. The summed E-state index contributed by atoms with van der Waals surface area (Å²) in [7, 11) is 0. The van der Waals surface area contributed by atoms with Crippen molar-refractivity contribution in [3.8, 4) is 0 Å². The Morgan fingerprint density at radius 2 is 1.46 bits per heavy atom. The van der Waals surface area contributed by atoms with Crippen LogP contribution in [0.4, 0.5) is 0 Å². The highest BCUT2D eigenvalue weighted by molar-refractivity contribution is 5.94. The fourth-order valence-electron chi connectivity index (χ4n) is 3.56. The minimum Gasteiger partial charge on any atom is -0.481 e. The molecular formula is C25H39N5O7. The monoisotopic (exact) mass is 521 g/mol. The van der Waals surface area contributed by atoms with Crippen molar-refractivity contribution in [2.45, 2.75) is 76.5 Å². The van der Waals surface area contributed by atoms with Gasteiger partial charge in [-0.15, -0.1) is 0 Å². The van der Waals surface area contributed by atoms with Gasteiger partial charge in [0.1, 0.15) is 18.1 Å². The molecule has 206 valence electrons. The molecule has 0 aromatic heterocycles. The van der Waals surface area contributed by atoms with E-state index in [1.165, 1.54) is 0 Å². The first kappa shape index (κ1) is 31.5. The summed E-state index contributed by atoms with van der Waals surface area (Å²) in [5.41, 5.74) is 12.0. The Morgan fingerprint density at radius 1 is 0.838 bits per heavy atom. The van der Waals surface area contributed by atoms with Crippen molar-refractivity contribution in [3.63, 3.8) is 0 Å². The highest BCUT2D eigenvalue weighted by atomic mass is 16.4. The number of nitrogens with two attached hydrogens (primary N) is 2. The average Bonchev–Trinajstić information content (AvgIpc) is 2.84. The van der Waals surface area contributed by atoms with Gasteiger partial charge < -0.3 is 37.6 Å². The molecule has 0 saturated heterocycles. The number of benzene rings is 1. The van der Waals surface area contributed by atoms with Gasteiger partial charge >= 0.3 is 11.9 Å². The summed E-state index contributed by atoms with van der Waals surface area (Å²) in [4.78, 5) is 61.4. The number of amides is 3. The number of carboxylic acids is 2. The Hall–Kier alpha value is -3.51. The zero-order valence-electron chi connectivity index (χ0n) is 21.3. The maximum Gasteiger partial charge on any atom is 0.326 e. The minimum absolute atomic E-state index is 0.0417.